The van der Waals surface area contributed by atoms with E-state index in [1.54, 1.807) is 18.2 Å². The molecule has 3 aromatic carbocycles. The molecule has 2 atom stereocenters. The Bertz CT molecular complexity index is 1600. The fourth-order valence-electron chi connectivity index (χ4n) is 4.61. The van der Waals surface area contributed by atoms with Crippen molar-refractivity contribution in [2.75, 3.05) is 0 Å². The van der Waals surface area contributed by atoms with Crippen molar-refractivity contribution in [2.24, 2.45) is 5.16 Å². The molecule has 0 radical (unpaired) electrons. The predicted octanol–water partition coefficient (Wildman–Crippen LogP) is 4.69. The van der Waals surface area contributed by atoms with Gasteiger partial charge in [0.25, 0.3) is 5.56 Å². The number of hydrogen-bond donors (Lipinski definition) is 2. The molecule has 1 aliphatic rings. The van der Waals surface area contributed by atoms with Crippen molar-refractivity contribution in [1.29, 1.82) is 0 Å². The second-order valence-corrected chi connectivity index (χ2v) is 9.36. The van der Waals surface area contributed by atoms with Crippen molar-refractivity contribution in [3.8, 4) is 5.69 Å². The Balaban J connectivity index is 1.45. The van der Waals surface area contributed by atoms with Crippen molar-refractivity contribution in [2.45, 2.75) is 44.3 Å². The van der Waals surface area contributed by atoms with E-state index in [9.17, 15) is 23.5 Å². The standard InChI is InChI=1S/C29H25F2N3O5/c30-19-8-5-17(6-9-19)28(37)25-16-23(33-39-25)18-7-14-22-24(15-18)32-26(3-1-2-4-27(35)36)34(29(22)38)21-12-10-20(31)11-13-21/h5-15,25,28,37H,1-4,16H2,(H,35,36). The van der Waals surface area contributed by atoms with Crippen LogP contribution in [-0.2, 0) is 16.1 Å². The van der Waals surface area contributed by atoms with E-state index in [-0.39, 0.29) is 12.0 Å². The highest BCUT2D eigenvalue weighted by Gasteiger charge is 2.30. The van der Waals surface area contributed by atoms with E-state index in [1.807, 2.05) is 0 Å². The molecule has 0 fully saturated rings. The van der Waals surface area contributed by atoms with Gasteiger partial charge in [0.15, 0.2) is 6.10 Å². The van der Waals surface area contributed by atoms with Gasteiger partial charge in [-0.05, 0) is 66.9 Å². The smallest absolute Gasteiger partial charge is 0.303 e. The monoisotopic (exact) mass is 533 g/mol. The largest absolute Gasteiger partial charge is 0.481 e. The molecule has 0 saturated heterocycles. The first-order valence-electron chi connectivity index (χ1n) is 12.5. The molecule has 1 aliphatic heterocycles. The number of aliphatic hydroxyl groups is 1. The molecule has 1 aromatic heterocycles. The molecule has 0 amide bonds. The molecule has 5 rings (SSSR count). The van der Waals surface area contributed by atoms with Gasteiger partial charge in [-0.25, -0.2) is 13.8 Å². The van der Waals surface area contributed by atoms with E-state index < -0.39 is 29.8 Å². The Morgan fingerprint density at radius 2 is 1.72 bits per heavy atom. The zero-order valence-corrected chi connectivity index (χ0v) is 20.8. The van der Waals surface area contributed by atoms with Crippen LogP contribution in [0.3, 0.4) is 0 Å². The maximum absolute atomic E-state index is 13.6. The predicted molar refractivity (Wildman–Crippen MR) is 140 cm³/mol. The zero-order valence-electron chi connectivity index (χ0n) is 20.8. The van der Waals surface area contributed by atoms with Gasteiger partial charge in [0.05, 0.1) is 22.3 Å². The number of rotatable bonds is 9. The fourth-order valence-corrected chi connectivity index (χ4v) is 4.61. The summed E-state index contributed by atoms with van der Waals surface area (Å²) in [6.45, 7) is 0. The first-order chi connectivity index (χ1) is 18.8. The number of carbonyl (C=O) groups is 1. The second-order valence-electron chi connectivity index (χ2n) is 9.36. The molecule has 0 bridgehead atoms. The van der Waals surface area contributed by atoms with Gasteiger partial charge in [0.2, 0.25) is 0 Å². The van der Waals surface area contributed by atoms with Crippen LogP contribution in [0.5, 0.6) is 0 Å². The van der Waals surface area contributed by atoms with E-state index in [4.69, 9.17) is 14.9 Å². The highest BCUT2D eigenvalue weighted by molar-refractivity contribution is 6.03. The number of benzene rings is 3. The fraction of sp³-hybridized carbons (Fsp3) is 0.241. The van der Waals surface area contributed by atoms with Gasteiger partial charge in [-0.2, -0.15) is 0 Å². The average Bonchev–Trinajstić information content (AvgIpc) is 3.42. The first-order valence-corrected chi connectivity index (χ1v) is 12.5. The lowest BCUT2D eigenvalue weighted by molar-refractivity contribution is -0.137. The summed E-state index contributed by atoms with van der Waals surface area (Å²) in [5.74, 6) is -1.31. The van der Waals surface area contributed by atoms with Gasteiger partial charge >= 0.3 is 5.97 Å². The number of carboxylic acid groups (broad SMARTS) is 1. The number of aliphatic hydroxyl groups excluding tert-OH is 1. The van der Waals surface area contributed by atoms with Crippen molar-refractivity contribution >= 4 is 22.6 Å². The summed E-state index contributed by atoms with van der Waals surface area (Å²) in [4.78, 5) is 34.7. The van der Waals surface area contributed by atoms with E-state index in [2.05, 4.69) is 5.16 Å². The molecular weight excluding hydrogens is 508 g/mol. The molecule has 39 heavy (non-hydrogen) atoms. The number of nitrogens with zero attached hydrogens (tertiary/aromatic N) is 3. The minimum Gasteiger partial charge on any atom is -0.481 e. The lowest BCUT2D eigenvalue weighted by Crippen LogP contribution is -2.24. The van der Waals surface area contributed by atoms with E-state index in [1.165, 1.54) is 53.1 Å². The van der Waals surface area contributed by atoms with Crippen LogP contribution in [-0.4, -0.2) is 37.5 Å². The summed E-state index contributed by atoms with van der Waals surface area (Å²) >= 11 is 0. The number of unbranched alkanes of at least 4 members (excludes halogenated alkanes) is 1. The van der Waals surface area contributed by atoms with Crippen LogP contribution in [0, 0.1) is 11.6 Å². The Morgan fingerprint density at radius 3 is 2.41 bits per heavy atom. The molecular formula is C29H25F2N3O5. The molecule has 0 spiro atoms. The number of halogens is 2. The van der Waals surface area contributed by atoms with Gasteiger partial charge in [-0.1, -0.05) is 23.4 Å². The summed E-state index contributed by atoms with van der Waals surface area (Å²) in [6, 6.07) is 16.1. The average molecular weight is 534 g/mol. The summed E-state index contributed by atoms with van der Waals surface area (Å²) in [7, 11) is 0. The van der Waals surface area contributed by atoms with Crippen LogP contribution in [0.25, 0.3) is 16.6 Å². The van der Waals surface area contributed by atoms with Crippen molar-refractivity contribution < 1.29 is 28.6 Å². The summed E-state index contributed by atoms with van der Waals surface area (Å²) in [6.07, 6.45) is -0.123. The molecule has 8 nitrogen and oxygen atoms in total. The number of fused-ring (bicyclic) bond motifs is 1. The van der Waals surface area contributed by atoms with E-state index in [0.29, 0.717) is 64.9 Å². The van der Waals surface area contributed by atoms with Crippen LogP contribution in [0.1, 0.15) is 48.7 Å². The number of oxime groups is 1. The summed E-state index contributed by atoms with van der Waals surface area (Å²) in [5, 5.41) is 24.1. The Labute approximate surface area is 221 Å². The highest BCUT2D eigenvalue weighted by Crippen LogP contribution is 2.28. The lowest BCUT2D eigenvalue weighted by atomic mass is 9.97. The number of aromatic nitrogens is 2. The van der Waals surface area contributed by atoms with Gasteiger partial charge in [0.1, 0.15) is 23.6 Å². The Morgan fingerprint density at radius 1 is 1.03 bits per heavy atom. The first kappa shape index (κ1) is 26.2. The molecule has 4 aromatic rings. The number of hydrogen-bond acceptors (Lipinski definition) is 6. The third-order valence-electron chi connectivity index (χ3n) is 6.65. The third kappa shape index (κ3) is 5.70. The molecule has 2 heterocycles. The Hall–Kier alpha value is -4.44. The van der Waals surface area contributed by atoms with E-state index in [0.717, 1.165) is 0 Å². The number of carboxylic acids is 1. The molecule has 0 saturated carbocycles. The van der Waals surface area contributed by atoms with Crippen LogP contribution in [0.4, 0.5) is 8.78 Å². The van der Waals surface area contributed by atoms with Crippen molar-refractivity contribution in [1.82, 2.24) is 9.55 Å². The van der Waals surface area contributed by atoms with Gasteiger partial charge in [-0.3, -0.25) is 14.2 Å². The topological polar surface area (TPSA) is 114 Å². The minimum atomic E-state index is -1.01. The lowest BCUT2D eigenvalue weighted by Gasteiger charge is -2.16. The number of aryl methyl sites for hydroxylation is 1. The van der Waals surface area contributed by atoms with Gasteiger partial charge < -0.3 is 15.1 Å². The van der Waals surface area contributed by atoms with Crippen LogP contribution in [0.15, 0.2) is 76.7 Å². The highest BCUT2D eigenvalue weighted by atomic mass is 19.1. The molecule has 2 N–H and O–H groups in total. The zero-order chi connectivity index (χ0) is 27.5. The maximum atomic E-state index is 13.6. The normalized spacial score (nSPS) is 15.7. The molecule has 2 unspecified atom stereocenters. The van der Waals surface area contributed by atoms with Crippen LogP contribution in [0.2, 0.25) is 0 Å². The summed E-state index contributed by atoms with van der Waals surface area (Å²) < 4.78 is 28.2. The SMILES string of the molecule is O=C(O)CCCCc1nc2cc(C3=NOC(C(O)c4ccc(F)cc4)C3)ccc2c(=O)n1-c1ccc(F)cc1. The maximum Gasteiger partial charge on any atom is 0.303 e. The van der Waals surface area contributed by atoms with Gasteiger partial charge in [0, 0.05) is 24.8 Å². The van der Waals surface area contributed by atoms with Crippen molar-refractivity contribution in [3.05, 3.63) is 106 Å². The second kappa shape index (κ2) is 11.1. The minimum absolute atomic E-state index is 0.00325. The molecule has 200 valence electrons. The molecule has 10 heteroatoms. The Kier molecular flexibility index (Phi) is 7.47. The third-order valence-corrected chi connectivity index (χ3v) is 6.65. The summed E-state index contributed by atoms with van der Waals surface area (Å²) in [5.41, 5.74) is 2.29. The van der Waals surface area contributed by atoms with E-state index >= 15 is 0 Å². The van der Waals surface area contributed by atoms with Gasteiger partial charge in [-0.15, -0.1) is 0 Å². The number of aliphatic carboxylic acids is 1. The van der Waals surface area contributed by atoms with Crippen molar-refractivity contribution in [3.63, 3.8) is 0 Å². The molecule has 0 aliphatic carbocycles. The quantitative estimate of drug-likeness (QED) is 0.302. The van der Waals surface area contributed by atoms with Crippen LogP contribution < -0.4 is 5.56 Å². The van der Waals surface area contributed by atoms with Crippen LogP contribution >= 0.6 is 0 Å².